The monoisotopic (exact) mass is 305 g/mol. The third-order valence-corrected chi connectivity index (χ3v) is 3.48. The van der Waals surface area contributed by atoms with E-state index in [9.17, 15) is 9.59 Å². The zero-order valence-electron chi connectivity index (χ0n) is 12.6. The molecule has 0 unspecified atom stereocenters. The van der Waals surface area contributed by atoms with Crippen molar-refractivity contribution in [2.45, 2.75) is 6.92 Å². The summed E-state index contributed by atoms with van der Waals surface area (Å²) in [5.41, 5.74) is 2.48. The highest BCUT2D eigenvalue weighted by atomic mass is 16.4. The Morgan fingerprint density at radius 2 is 1.78 bits per heavy atom. The molecule has 0 aliphatic rings. The number of benzene rings is 2. The van der Waals surface area contributed by atoms with Crippen LogP contribution in [0.25, 0.3) is 22.1 Å². The number of carbonyl (C=O) groups is 1. The van der Waals surface area contributed by atoms with Gasteiger partial charge in [0, 0.05) is 16.6 Å². The Labute approximate surface area is 133 Å². The van der Waals surface area contributed by atoms with Gasteiger partial charge in [0.05, 0.1) is 5.56 Å². The Hall–Kier alpha value is -3.14. The maximum atomic E-state index is 12.1. The highest BCUT2D eigenvalue weighted by molar-refractivity contribution is 6.02. The van der Waals surface area contributed by atoms with E-state index >= 15 is 0 Å². The van der Waals surface area contributed by atoms with Gasteiger partial charge < -0.3 is 9.73 Å². The van der Waals surface area contributed by atoms with Crippen LogP contribution in [-0.4, -0.2) is 5.91 Å². The molecule has 0 bridgehead atoms. The maximum Gasteiger partial charge on any atom is 0.344 e. The van der Waals surface area contributed by atoms with Gasteiger partial charge >= 0.3 is 5.63 Å². The molecule has 4 heteroatoms. The second-order valence-corrected chi connectivity index (χ2v) is 5.30. The highest BCUT2D eigenvalue weighted by Crippen LogP contribution is 2.22. The lowest BCUT2D eigenvalue weighted by Gasteiger charge is -2.06. The van der Waals surface area contributed by atoms with Crippen LogP contribution in [-0.2, 0) is 4.79 Å². The fourth-order valence-electron chi connectivity index (χ4n) is 2.23. The lowest BCUT2D eigenvalue weighted by molar-refractivity contribution is -0.112. The Morgan fingerprint density at radius 3 is 2.48 bits per heavy atom. The fraction of sp³-hybridized carbons (Fsp3) is 0.0526. The summed E-state index contributed by atoms with van der Waals surface area (Å²) < 4.78 is 5.34. The molecule has 0 radical (unpaired) electrons. The van der Waals surface area contributed by atoms with E-state index in [4.69, 9.17) is 4.42 Å². The van der Waals surface area contributed by atoms with Crippen LogP contribution in [0.3, 0.4) is 0 Å². The van der Waals surface area contributed by atoms with Crippen molar-refractivity contribution in [3.05, 3.63) is 77.2 Å². The number of amides is 1. The molecule has 3 rings (SSSR count). The minimum absolute atomic E-state index is 0.233. The van der Waals surface area contributed by atoms with Gasteiger partial charge in [-0.05, 0) is 36.8 Å². The molecule has 0 spiro atoms. The molecule has 4 nitrogen and oxygen atoms in total. The van der Waals surface area contributed by atoms with Crippen molar-refractivity contribution in [2.75, 3.05) is 5.32 Å². The van der Waals surface area contributed by atoms with Crippen molar-refractivity contribution >= 4 is 22.6 Å². The molecule has 3 aromatic rings. The highest BCUT2D eigenvalue weighted by Gasteiger charge is 2.08. The second kappa shape index (κ2) is 5.93. The Morgan fingerprint density at radius 1 is 1.09 bits per heavy atom. The number of rotatable bonds is 3. The van der Waals surface area contributed by atoms with E-state index in [2.05, 4.69) is 11.9 Å². The summed E-state index contributed by atoms with van der Waals surface area (Å²) in [6, 6.07) is 16.2. The first-order valence-corrected chi connectivity index (χ1v) is 7.15. The van der Waals surface area contributed by atoms with E-state index in [0.717, 1.165) is 10.9 Å². The van der Waals surface area contributed by atoms with E-state index in [0.29, 0.717) is 22.4 Å². The Balaban J connectivity index is 1.96. The van der Waals surface area contributed by atoms with Gasteiger partial charge in [0.25, 0.3) is 5.91 Å². The molecule has 114 valence electrons. The number of fused-ring (bicyclic) bond motifs is 1. The predicted molar refractivity (Wildman–Crippen MR) is 91.4 cm³/mol. The van der Waals surface area contributed by atoms with Crippen LogP contribution < -0.4 is 10.9 Å². The second-order valence-electron chi connectivity index (χ2n) is 5.30. The zero-order valence-corrected chi connectivity index (χ0v) is 12.6. The van der Waals surface area contributed by atoms with Crippen molar-refractivity contribution in [1.82, 2.24) is 0 Å². The minimum Gasteiger partial charge on any atom is -0.422 e. The molecule has 0 aliphatic heterocycles. The van der Waals surface area contributed by atoms with E-state index in [1.54, 1.807) is 37.3 Å². The third kappa shape index (κ3) is 3.06. The maximum absolute atomic E-state index is 12.1. The average molecular weight is 305 g/mol. The van der Waals surface area contributed by atoms with Gasteiger partial charge in [-0.15, -0.1) is 0 Å². The van der Waals surface area contributed by atoms with Gasteiger partial charge in [0.1, 0.15) is 5.58 Å². The summed E-state index contributed by atoms with van der Waals surface area (Å²) in [4.78, 5) is 23.7. The van der Waals surface area contributed by atoms with Crippen LogP contribution in [0.4, 0.5) is 5.69 Å². The van der Waals surface area contributed by atoms with Gasteiger partial charge in [-0.25, -0.2) is 4.79 Å². The quantitative estimate of drug-likeness (QED) is 0.588. The molecule has 2 aromatic carbocycles. The first-order valence-electron chi connectivity index (χ1n) is 7.15. The van der Waals surface area contributed by atoms with Crippen molar-refractivity contribution in [1.29, 1.82) is 0 Å². The molecule has 0 fully saturated rings. The predicted octanol–water partition coefficient (Wildman–Crippen LogP) is 3.97. The van der Waals surface area contributed by atoms with Crippen LogP contribution in [0.15, 0.2) is 76.0 Å². The Bertz CT molecular complexity index is 952. The largest absolute Gasteiger partial charge is 0.422 e. The molecule has 23 heavy (non-hydrogen) atoms. The van der Waals surface area contributed by atoms with Crippen LogP contribution in [0.1, 0.15) is 6.92 Å². The van der Waals surface area contributed by atoms with Gasteiger partial charge in [-0.1, -0.05) is 36.9 Å². The third-order valence-electron chi connectivity index (χ3n) is 3.48. The van der Waals surface area contributed by atoms with E-state index in [1.807, 2.05) is 24.3 Å². The SMILES string of the molecule is C=C(C)C(=O)Nc1ccc(-c2cc3ccccc3oc2=O)cc1. The lowest BCUT2D eigenvalue weighted by atomic mass is 10.1. The molecular weight excluding hydrogens is 290 g/mol. The molecular formula is C19H15NO3. The summed E-state index contributed by atoms with van der Waals surface area (Å²) in [5.74, 6) is -0.233. The van der Waals surface area contributed by atoms with E-state index in [1.165, 1.54) is 0 Å². The summed E-state index contributed by atoms with van der Waals surface area (Å²) in [6.45, 7) is 5.23. The number of para-hydroxylation sites is 1. The fourth-order valence-corrected chi connectivity index (χ4v) is 2.23. The van der Waals surface area contributed by atoms with Crippen LogP contribution >= 0.6 is 0 Å². The standard InChI is InChI=1S/C19H15NO3/c1-12(2)18(21)20-15-9-7-13(8-10-15)16-11-14-5-3-4-6-17(14)23-19(16)22/h3-11H,1H2,2H3,(H,20,21). The minimum atomic E-state index is -0.387. The number of hydrogen-bond acceptors (Lipinski definition) is 3. The molecule has 1 N–H and O–H groups in total. The molecule has 1 amide bonds. The van der Waals surface area contributed by atoms with Gasteiger partial charge in [-0.3, -0.25) is 4.79 Å². The summed E-state index contributed by atoms with van der Waals surface area (Å²) in [6.07, 6.45) is 0. The summed E-state index contributed by atoms with van der Waals surface area (Å²) >= 11 is 0. The van der Waals surface area contributed by atoms with E-state index < -0.39 is 0 Å². The van der Waals surface area contributed by atoms with Crippen LogP contribution in [0, 0.1) is 0 Å². The number of nitrogens with one attached hydrogen (secondary N) is 1. The molecule has 0 aliphatic carbocycles. The molecule has 0 saturated carbocycles. The van der Waals surface area contributed by atoms with Crippen molar-refractivity contribution in [3.8, 4) is 11.1 Å². The Kier molecular flexibility index (Phi) is 3.81. The number of carbonyl (C=O) groups excluding carboxylic acids is 1. The normalized spacial score (nSPS) is 10.5. The van der Waals surface area contributed by atoms with Gasteiger partial charge in [0.15, 0.2) is 0 Å². The van der Waals surface area contributed by atoms with Gasteiger partial charge in [0.2, 0.25) is 0 Å². The van der Waals surface area contributed by atoms with Crippen molar-refractivity contribution in [3.63, 3.8) is 0 Å². The first-order chi connectivity index (χ1) is 11.0. The average Bonchev–Trinajstić information content (AvgIpc) is 2.55. The summed E-state index contributed by atoms with van der Waals surface area (Å²) in [5, 5.41) is 3.59. The molecule has 0 atom stereocenters. The van der Waals surface area contributed by atoms with Crippen molar-refractivity contribution in [2.24, 2.45) is 0 Å². The lowest BCUT2D eigenvalue weighted by Crippen LogP contribution is -2.11. The van der Waals surface area contributed by atoms with Crippen LogP contribution in [0.2, 0.25) is 0 Å². The molecule has 0 saturated heterocycles. The number of hydrogen-bond donors (Lipinski definition) is 1. The van der Waals surface area contributed by atoms with Crippen LogP contribution in [0.5, 0.6) is 0 Å². The number of anilines is 1. The summed E-state index contributed by atoms with van der Waals surface area (Å²) in [7, 11) is 0. The van der Waals surface area contributed by atoms with Crippen molar-refractivity contribution < 1.29 is 9.21 Å². The molecule has 1 aromatic heterocycles. The topological polar surface area (TPSA) is 59.3 Å². The first kappa shape index (κ1) is 14.8. The smallest absolute Gasteiger partial charge is 0.344 e. The van der Waals surface area contributed by atoms with Gasteiger partial charge in [-0.2, -0.15) is 0 Å². The van der Waals surface area contributed by atoms with E-state index in [-0.39, 0.29) is 11.5 Å². The zero-order chi connectivity index (χ0) is 16.4. The molecule has 1 heterocycles.